The number of nitrogens with zero attached hydrogens (tertiary/aromatic N) is 2. The monoisotopic (exact) mass is 562 g/mol. The molecule has 1 heterocycles. The molecule has 0 aromatic heterocycles. The van der Waals surface area contributed by atoms with Crippen LogP contribution in [0.4, 0.5) is 4.39 Å². The summed E-state index contributed by atoms with van der Waals surface area (Å²) in [6, 6.07) is 5.14. The molecular weight excluding hydrogens is 538 g/mol. The number of guanidine groups is 1. The topological polar surface area (TPSA) is 73.8 Å². The number of hydrogen-bond donors (Lipinski definition) is 2. The fourth-order valence-corrected chi connectivity index (χ4v) is 4.06. The van der Waals surface area contributed by atoms with Crippen molar-refractivity contribution in [3.05, 3.63) is 34.1 Å². The molecule has 0 atom stereocenters. The van der Waals surface area contributed by atoms with Crippen molar-refractivity contribution in [2.75, 3.05) is 25.9 Å². The second-order valence-electron chi connectivity index (χ2n) is 5.89. The quantitative estimate of drug-likeness (QED) is 0.329. The van der Waals surface area contributed by atoms with E-state index in [0.717, 1.165) is 18.4 Å². The van der Waals surface area contributed by atoms with E-state index >= 15 is 0 Å². The molecule has 0 spiro atoms. The van der Waals surface area contributed by atoms with E-state index < -0.39 is 10.0 Å². The molecule has 0 bridgehead atoms. The molecule has 2 N–H and O–H groups in total. The van der Waals surface area contributed by atoms with Crippen LogP contribution in [0.2, 0.25) is 0 Å². The molecular formula is C16H25BrFIN4O2S. The fraction of sp³-hybridized carbons (Fsp3) is 0.562. The van der Waals surface area contributed by atoms with E-state index in [-0.39, 0.29) is 41.6 Å². The molecule has 6 nitrogen and oxygen atoms in total. The Labute approximate surface area is 180 Å². The van der Waals surface area contributed by atoms with Gasteiger partial charge in [-0.1, -0.05) is 6.07 Å². The summed E-state index contributed by atoms with van der Waals surface area (Å²) in [6.45, 7) is 3.15. The average molecular weight is 563 g/mol. The zero-order valence-electron chi connectivity index (χ0n) is 14.8. The molecule has 1 aromatic carbocycles. The predicted octanol–water partition coefficient (Wildman–Crippen LogP) is 2.69. The van der Waals surface area contributed by atoms with Crippen LogP contribution >= 0.6 is 39.9 Å². The normalized spacial score (nSPS) is 16.8. The molecule has 0 amide bonds. The first-order chi connectivity index (χ1) is 11.9. The zero-order chi connectivity index (χ0) is 18.4. The Morgan fingerprint density at radius 2 is 2.04 bits per heavy atom. The summed E-state index contributed by atoms with van der Waals surface area (Å²) in [4.78, 5) is 4.18. The molecule has 10 heteroatoms. The second-order valence-corrected chi connectivity index (χ2v) is 9.00. The number of benzene rings is 1. The predicted molar refractivity (Wildman–Crippen MR) is 117 cm³/mol. The summed E-state index contributed by atoms with van der Waals surface area (Å²) in [7, 11) is -1.44. The van der Waals surface area contributed by atoms with Crippen molar-refractivity contribution in [2.24, 2.45) is 4.99 Å². The highest BCUT2D eigenvalue weighted by Crippen LogP contribution is 2.16. The molecule has 2 rings (SSSR count). The second kappa shape index (κ2) is 10.8. The molecule has 1 aliphatic heterocycles. The van der Waals surface area contributed by atoms with Crippen molar-refractivity contribution in [3.8, 4) is 0 Å². The van der Waals surface area contributed by atoms with E-state index in [4.69, 9.17) is 0 Å². The van der Waals surface area contributed by atoms with Crippen LogP contribution in [0.5, 0.6) is 0 Å². The third-order valence-electron chi connectivity index (χ3n) is 4.22. The molecule has 0 saturated carbocycles. The minimum absolute atomic E-state index is 0. The van der Waals surface area contributed by atoms with Crippen LogP contribution in [0.15, 0.2) is 27.7 Å². The summed E-state index contributed by atoms with van der Waals surface area (Å²) in [5.74, 6) is 0.463. The van der Waals surface area contributed by atoms with E-state index in [9.17, 15) is 12.8 Å². The van der Waals surface area contributed by atoms with Crippen LogP contribution < -0.4 is 10.6 Å². The minimum Gasteiger partial charge on any atom is -0.354 e. The number of sulfonamides is 1. The van der Waals surface area contributed by atoms with Gasteiger partial charge in [-0.3, -0.25) is 4.99 Å². The SMILES string of the molecule is CCS(=O)(=O)N1CCC(NC(=NC)NCc2ccc(Br)c(F)c2)CC1.I. The van der Waals surface area contributed by atoms with Crippen LogP contribution in [0, 0.1) is 5.82 Å². The molecule has 148 valence electrons. The largest absolute Gasteiger partial charge is 0.354 e. The van der Waals surface area contributed by atoms with Gasteiger partial charge in [-0.15, -0.1) is 24.0 Å². The first-order valence-electron chi connectivity index (χ1n) is 8.24. The lowest BCUT2D eigenvalue weighted by Gasteiger charge is -2.32. The van der Waals surface area contributed by atoms with Gasteiger partial charge in [-0.05, 0) is 53.4 Å². The highest BCUT2D eigenvalue weighted by atomic mass is 127. The van der Waals surface area contributed by atoms with Gasteiger partial charge >= 0.3 is 0 Å². The van der Waals surface area contributed by atoms with E-state index in [1.54, 1.807) is 24.3 Å². The molecule has 26 heavy (non-hydrogen) atoms. The van der Waals surface area contributed by atoms with E-state index in [2.05, 4.69) is 31.6 Å². The zero-order valence-corrected chi connectivity index (χ0v) is 19.6. The third-order valence-corrected chi connectivity index (χ3v) is 6.75. The maximum atomic E-state index is 13.5. The van der Waals surface area contributed by atoms with Crippen LogP contribution in [-0.4, -0.2) is 50.6 Å². The Morgan fingerprint density at radius 1 is 1.38 bits per heavy atom. The van der Waals surface area contributed by atoms with Crippen LogP contribution in [0.1, 0.15) is 25.3 Å². The Kier molecular flexibility index (Phi) is 9.76. The Morgan fingerprint density at radius 3 is 2.58 bits per heavy atom. The molecule has 1 aliphatic rings. The summed E-state index contributed by atoms with van der Waals surface area (Å²) < 4.78 is 39.3. The smallest absolute Gasteiger partial charge is 0.213 e. The lowest BCUT2D eigenvalue weighted by Crippen LogP contribution is -2.49. The van der Waals surface area contributed by atoms with Crippen LogP contribution in [-0.2, 0) is 16.6 Å². The van der Waals surface area contributed by atoms with Crippen molar-refractivity contribution >= 4 is 55.9 Å². The average Bonchev–Trinajstić information content (AvgIpc) is 2.61. The summed E-state index contributed by atoms with van der Waals surface area (Å²) in [5.41, 5.74) is 0.813. The molecule has 1 fully saturated rings. The number of nitrogens with one attached hydrogen (secondary N) is 2. The standard InChI is InChI=1S/C16H24BrFN4O2S.HI/c1-3-25(23,24)22-8-6-13(7-9-22)21-16(19-2)20-11-12-4-5-14(17)15(18)10-12;/h4-5,10,13H,3,6-9,11H2,1-2H3,(H2,19,20,21);1H. The molecule has 0 unspecified atom stereocenters. The van der Waals surface area contributed by atoms with Crippen LogP contribution in [0.25, 0.3) is 0 Å². The lowest BCUT2D eigenvalue weighted by molar-refractivity contribution is 0.306. The Hall–Kier alpha value is -0.460. The maximum Gasteiger partial charge on any atom is 0.213 e. The van der Waals surface area contributed by atoms with Gasteiger partial charge < -0.3 is 10.6 Å². The third kappa shape index (κ3) is 6.61. The fourth-order valence-electron chi connectivity index (χ4n) is 2.68. The Balaban J connectivity index is 0.00000338. The number of rotatable bonds is 5. The summed E-state index contributed by atoms with van der Waals surface area (Å²) in [5, 5.41) is 6.46. The van der Waals surface area contributed by atoms with Gasteiger partial charge in [0.1, 0.15) is 5.82 Å². The van der Waals surface area contributed by atoms with E-state index in [1.165, 1.54) is 6.07 Å². The van der Waals surface area contributed by atoms with Gasteiger partial charge in [0.05, 0.1) is 10.2 Å². The van der Waals surface area contributed by atoms with Crippen LogP contribution in [0.3, 0.4) is 0 Å². The Bertz CT molecular complexity index is 725. The maximum absolute atomic E-state index is 13.5. The van der Waals surface area contributed by atoms with E-state index in [0.29, 0.717) is 30.1 Å². The number of piperidine rings is 1. The van der Waals surface area contributed by atoms with Gasteiger partial charge in [0, 0.05) is 32.7 Å². The van der Waals surface area contributed by atoms with Crippen molar-refractivity contribution in [3.63, 3.8) is 0 Å². The molecule has 0 aliphatic carbocycles. The van der Waals surface area contributed by atoms with E-state index in [1.807, 2.05) is 6.07 Å². The van der Waals surface area contributed by atoms with Gasteiger partial charge in [-0.25, -0.2) is 17.1 Å². The van der Waals surface area contributed by atoms with Crippen molar-refractivity contribution < 1.29 is 12.8 Å². The van der Waals surface area contributed by atoms with Gasteiger partial charge in [-0.2, -0.15) is 0 Å². The lowest BCUT2D eigenvalue weighted by atomic mass is 10.1. The van der Waals surface area contributed by atoms with Crippen molar-refractivity contribution in [1.29, 1.82) is 0 Å². The highest BCUT2D eigenvalue weighted by molar-refractivity contribution is 14.0. The van der Waals surface area contributed by atoms with Gasteiger partial charge in [0.2, 0.25) is 10.0 Å². The highest BCUT2D eigenvalue weighted by Gasteiger charge is 2.26. The number of hydrogen-bond acceptors (Lipinski definition) is 3. The molecule has 1 aromatic rings. The summed E-state index contributed by atoms with van der Waals surface area (Å²) in [6.07, 6.45) is 1.46. The molecule has 0 radical (unpaired) electrons. The van der Waals surface area contributed by atoms with Gasteiger partial charge in [0.25, 0.3) is 0 Å². The first-order valence-corrected chi connectivity index (χ1v) is 10.6. The summed E-state index contributed by atoms with van der Waals surface area (Å²) >= 11 is 3.13. The van der Waals surface area contributed by atoms with Crippen molar-refractivity contribution in [2.45, 2.75) is 32.4 Å². The first kappa shape index (κ1) is 23.6. The number of aliphatic imine (C=N–C) groups is 1. The van der Waals surface area contributed by atoms with Crippen molar-refractivity contribution in [1.82, 2.24) is 14.9 Å². The molecule has 1 saturated heterocycles. The minimum atomic E-state index is -3.11. The number of halogens is 3. The van der Waals surface area contributed by atoms with Gasteiger partial charge in [0.15, 0.2) is 5.96 Å².